The zero-order valence-electron chi connectivity index (χ0n) is 12.5. The third kappa shape index (κ3) is 5.25. The van der Waals surface area contributed by atoms with Gasteiger partial charge in [-0.05, 0) is 33.8 Å². The number of carbonyl (C=O) groups excluding carboxylic acids is 1. The van der Waals surface area contributed by atoms with Crippen molar-refractivity contribution in [1.82, 2.24) is 9.80 Å². The molecule has 0 unspecified atom stereocenters. The molecule has 1 rings (SSSR count). The SMILES string of the molecule is C/C(=C/C(=O)CN1CCN(C(C)(C)C)CC1)C(F)(F)F. The highest BCUT2D eigenvalue weighted by Crippen LogP contribution is 2.24. The Bertz CT molecular complexity index is 375. The van der Waals surface area contributed by atoms with E-state index < -0.39 is 17.5 Å². The Labute approximate surface area is 118 Å². The van der Waals surface area contributed by atoms with E-state index in [2.05, 4.69) is 25.7 Å². The predicted octanol–water partition coefficient (Wildman–Crippen LogP) is 2.48. The zero-order chi connectivity index (χ0) is 15.6. The molecule has 0 atom stereocenters. The van der Waals surface area contributed by atoms with Gasteiger partial charge in [-0.25, -0.2) is 0 Å². The number of piperazine rings is 1. The van der Waals surface area contributed by atoms with Gasteiger partial charge in [0.1, 0.15) is 0 Å². The minimum absolute atomic E-state index is 0.0609. The molecule has 0 aromatic rings. The summed E-state index contributed by atoms with van der Waals surface area (Å²) in [7, 11) is 0. The molecular formula is C14H23F3N2O. The van der Waals surface area contributed by atoms with Crippen LogP contribution in [0.1, 0.15) is 27.7 Å². The first kappa shape index (κ1) is 17.2. The summed E-state index contributed by atoms with van der Waals surface area (Å²) in [5, 5.41) is 0. The van der Waals surface area contributed by atoms with Gasteiger partial charge in [0.05, 0.1) is 6.54 Å². The van der Waals surface area contributed by atoms with E-state index in [9.17, 15) is 18.0 Å². The van der Waals surface area contributed by atoms with Gasteiger partial charge in [0, 0.05) is 37.3 Å². The fraction of sp³-hybridized carbons (Fsp3) is 0.786. The van der Waals surface area contributed by atoms with Crippen LogP contribution in [0.25, 0.3) is 0 Å². The number of allylic oxidation sites excluding steroid dienone is 1. The van der Waals surface area contributed by atoms with E-state index in [1.54, 1.807) is 0 Å². The Morgan fingerprint density at radius 2 is 1.60 bits per heavy atom. The summed E-state index contributed by atoms with van der Waals surface area (Å²) < 4.78 is 37.0. The van der Waals surface area contributed by atoms with Crippen molar-refractivity contribution in [1.29, 1.82) is 0 Å². The summed E-state index contributed by atoms with van der Waals surface area (Å²) >= 11 is 0. The van der Waals surface area contributed by atoms with E-state index >= 15 is 0 Å². The lowest BCUT2D eigenvalue weighted by atomic mass is 10.0. The second-order valence-electron chi connectivity index (χ2n) is 6.23. The Morgan fingerprint density at radius 1 is 1.10 bits per heavy atom. The summed E-state index contributed by atoms with van der Waals surface area (Å²) in [6, 6.07) is 0. The third-order valence-electron chi connectivity index (χ3n) is 3.53. The van der Waals surface area contributed by atoms with Crippen LogP contribution in [-0.2, 0) is 4.79 Å². The summed E-state index contributed by atoms with van der Waals surface area (Å²) in [6.45, 7) is 10.5. The van der Waals surface area contributed by atoms with Crippen molar-refractivity contribution in [3.8, 4) is 0 Å². The van der Waals surface area contributed by atoms with Crippen LogP contribution in [0.3, 0.4) is 0 Å². The van der Waals surface area contributed by atoms with Crippen LogP contribution in [0.4, 0.5) is 13.2 Å². The number of alkyl halides is 3. The zero-order valence-corrected chi connectivity index (χ0v) is 12.5. The molecule has 1 heterocycles. The number of ketones is 1. The van der Waals surface area contributed by atoms with E-state index in [0.29, 0.717) is 19.2 Å². The first-order chi connectivity index (χ1) is 9.00. The molecule has 20 heavy (non-hydrogen) atoms. The number of carbonyl (C=O) groups is 1. The Hall–Kier alpha value is -0.880. The van der Waals surface area contributed by atoms with Crippen molar-refractivity contribution in [2.75, 3.05) is 32.7 Å². The molecule has 6 heteroatoms. The van der Waals surface area contributed by atoms with Crippen LogP contribution in [-0.4, -0.2) is 60.0 Å². The quantitative estimate of drug-likeness (QED) is 0.747. The molecule has 0 saturated carbocycles. The monoisotopic (exact) mass is 292 g/mol. The van der Waals surface area contributed by atoms with Crippen LogP contribution in [0.5, 0.6) is 0 Å². The van der Waals surface area contributed by atoms with E-state index in [4.69, 9.17) is 0 Å². The normalized spacial score (nSPS) is 20.2. The van der Waals surface area contributed by atoms with Crippen LogP contribution in [0.15, 0.2) is 11.6 Å². The first-order valence-electron chi connectivity index (χ1n) is 6.76. The molecular weight excluding hydrogens is 269 g/mol. The van der Waals surface area contributed by atoms with Gasteiger partial charge in [-0.2, -0.15) is 13.2 Å². The molecule has 0 spiro atoms. The Kier molecular flexibility index (Phi) is 5.38. The van der Waals surface area contributed by atoms with E-state index in [1.807, 2.05) is 4.90 Å². The van der Waals surface area contributed by atoms with Crippen LogP contribution in [0.2, 0.25) is 0 Å². The standard InChI is InChI=1S/C14H23F3N2O/c1-11(14(15,16)17)9-12(20)10-18-5-7-19(8-6-18)13(2,3)4/h9H,5-8,10H2,1-4H3/b11-9-. The average molecular weight is 292 g/mol. The lowest BCUT2D eigenvalue weighted by molar-refractivity contribution is -0.117. The minimum atomic E-state index is -4.42. The summed E-state index contributed by atoms with van der Waals surface area (Å²) in [4.78, 5) is 15.8. The lowest BCUT2D eigenvalue weighted by Gasteiger charge is -2.42. The number of halogens is 3. The van der Waals surface area contributed by atoms with E-state index in [-0.39, 0.29) is 12.1 Å². The number of rotatable bonds is 3. The average Bonchev–Trinajstić information content (AvgIpc) is 2.26. The minimum Gasteiger partial charge on any atom is -0.296 e. The molecule has 1 saturated heterocycles. The van der Waals surface area contributed by atoms with Gasteiger partial charge in [-0.3, -0.25) is 14.6 Å². The molecule has 116 valence electrons. The highest BCUT2D eigenvalue weighted by atomic mass is 19.4. The van der Waals surface area contributed by atoms with Crippen molar-refractivity contribution in [2.45, 2.75) is 39.4 Å². The molecule has 1 fully saturated rings. The fourth-order valence-electron chi connectivity index (χ4n) is 2.17. The van der Waals surface area contributed by atoms with Gasteiger partial charge in [-0.15, -0.1) is 0 Å². The maximum Gasteiger partial charge on any atom is 0.412 e. The predicted molar refractivity (Wildman–Crippen MR) is 72.6 cm³/mol. The first-order valence-corrected chi connectivity index (χ1v) is 6.76. The molecule has 1 aliphatic heterocycles. The second kappa shape index (κ2) is 6.26. The van der Waals surface area contributed by atoms with Crippen molar-refractivity contribution in [3.63, 3.8) is 0 Å². The third-order valence-corrected chi connectivity index (χ3v) is 3.53. The molecule has 0 aliphatic carbocycles. The molecule has 3 nitrogen and oxygen atoms in total. The smallest absolute Gasteiger partial charge is 0.296 e. The van der Waals surface area contributed by atoms with Gasteiger partial charge in [0.2, 0.25) is 0 Å². The highest BCUT2D eigenvalue weighted by Gasteiger charge is 2.31. The molecule has 0 aromatic carbocycles. The van der Waals surface area contributed by atoms with Crippen molar-refractivity contribution in [3.05, 3.63) is 11.6 Å². The van der Waals surface area contributed by atoms with Crippen molar-refractivity contribution < 1.29 is 18.0 Å². The molecule has 1 aliphatic rings. The fourth-order valence-corrected chi connectivity index (χ4v) is 2.17. The second-order valence-corrected chi connectivity index (χ2v) is 6.23. The van der Waals surface area contributed by atoms with E-state index in [0.717, 1.165) is 20.0 Å². The lowest BCUT2D eigenvalue weighted by Crippen LogP contribution is -2.54. The molecule has 0 bridgehead atoms. The van der Waals surface area contributed by atoms with E-state index in [1.165, 1.54) is 0 Å². The van der Waals surface area contributed by atoms with Crippen molar-refractivity contribution >= 4 is 5.78 Å². The van der Waals surface area contributed by atoms with Gasteiger partial charge in [0.25, 0.3) is 0 Å². The summed E-state index contributed by atoms with van der Waals surface area (Å²) in [5.41, 5.74) is -0.751. The van der Waals surface area contributed by atoms with Crippen LogP contribution in [0, 0.1) is 0 Å². The Balaban J connectivity index is 2.47. The number of hydrogen-bond donors (Lipinski definition) is 0. The number of nitrogens with zero attached hydrogens (tertiary/aromatic N) is 2. The summed E-state index contributed by atoms with van der Waals surface area (Å²) in [5.74, 6) is -0.482. The van der Waals surface area contributed by atoms with Gasteiger partial charge in [-0.1, -0.05) is 0 Å². The molecule has 0 aromatic heterocycles. The Morgan fingerprint density at radius 3 is 2.00 bits per heavy atom. The van der Waals surface area contributed by atoms with Gasteiger partial charge < -0.3 is 0 Å². The molecule has 0 radical (unpaired) electrons. The molecule has 0 amide bonds. The molecule has 0 N–H and O–H groups in total. The van der Waals surface area contributed by atoms with Gasteiger partial charge in [0.15, 0.2) is 5.78 Å². The number of hydrogen-bond acceptors (Lipinski definition) is 3. The maximum atomic E-state index is 12.3. The largest absolute Gasteiger partial charge is 0.412 e. The maximum absolute atomic E-state index is 12.3. The van der Waals surface area contributed by atoms with Crippen molar-refractivity contribution in [2.24, 2.45) is 0 Å². The highest BCUT2D eigenvalue weighted by molar-refractivity contribution is 5.92. The van der Waals surface area contributed by atoms with Crippen LogP contribution < -0.4 is 0 Å². The topological polar surface area (TPSA) is 23.6 Å². The summed E-state index contributed by atoms with van der Waals surface area (Å²) in [6.07, 6.45) is -3.71. The van der Waals surface area contributed by atoms with Crippen LogP contribution >= 0.6 is 0 Å². The van der Waals surface area contributed by atoms with Gasteiger partial charge >= 0.3 is 6.18 Å².